The molecule has 1 saturated heterocycles. The minimum absolute atomic E-state index is 0.0474. The predicted molar refractivity (Wildman–Crippen MR) is 113 cm³/mol. The van der Waals surface area contributed by atoms with E-state index >= 15 is 0 Å². The van der Waals surface area contributed by atoms with Crippen LogP contribution in [0.25, 0.3) is 6.08 Å². The molecular weight excluding hydrogens is 404 g/mol. The minimum Gasteiger partial charge on any atom is -0.496 e. The van der Waals surface area contributed by atoms with E-state index in [0.29, 0.717) is 12.5 Å². The zero-order valence-corrected chi connectivity index (χ0v) is 17.1. The highest BCUT2D eigenvalue weighted by atomic mass is 79.9. The van der Waals surface area contributed by atoms with Crippen LogP contribution >= 0.6 is 15.9 Å². The molecule has 2 aromatic carbocycles. The van der Waals surface area contributed by atoms with Crippen LogP contribution in [0, 0.1) is 0 Å². The van der Waals surface area contributed by atoms with Gasteiger partial charge in [-0.3, -0.25) is 4.79 Å². The van der Waals surface area contributed by atoms with Crippen LogP contribution in [0.3, 0.4) is 0 Å². The summed E-state index contributed by atoms with van der Waals surface area (Å²) in [5, 5.41) is 0. The summed E-state index contributed by atoms with van der Waals surface area (Å²) >= 11 is 3.46. The van der Waals surface area contributed by atoms with Crippen molar-refractivity contribution < 1.29 is 9.53 Å². The van der Waals surface area contributed by atoms with Crippen molar-refractivity contribution in [3.8, 4) is 5.75 Å². The lowest BCUT2D eigenvalue weighted by molar-refractivity contribution is -0.126. The van der Waals surface area contributed by atoms with Crippen LogP contribution in [-0.2, 0) is 11.3 Å². The lowest BCUT2D eigenvalue weighted by Gasteiger charge is -2.31. The van der Waals surface area contributed by atoms with E-state index < -0.39 is 0 Å². The van der Waals surface area contributed by atoms with Gasteiger partial charge < -0.3 is 15.4 Å². The number of amides is 1. The molecule has 1 heterocycles. The maximum Gasteiger partial charge on any atom is 0.246 e. The number of nitrogens with two attached hydrogens (primary N) is 1. The molecule has 2 N–H and O–H groups in total. The summed E-state index contributed by atoms with van der Waals surface area (Å²) in [6.07, 6.45) is 5.42. The summed E-state index contributed by atoms with van der Waals surface area (Å²) in [7, 11) is 1.63. The monoisotopic (exact) mass is 428 g/mol. The number of nitrogens with zero attached hydrogens (tertiary/aromatic N) is 1. The number of methoxy groups -OCH3 is 1. The van der Waals surface area contributed by atoms with Crippen LogP contribution < -0.4 is 10.5 Å². The molecule has 4 nitrogen and oxygen atoms in total. The smallest absolute Gasteiger partial charge is 0.246 e. The summed E-state index contributed by atoms with van der Waals surface area (Å²) in [5.74, 6) is 1.29. The average Bonchev–Trinajstić information content (AvgIpc) is 2.72. The van der Waals surface area contributed by atoms with Crippen molar-refractivity contribution in [1.29, 1.82) is 0 Å². The molecule has 2 aromatic rings. The molecule has 0 spiro atoms. The van der Waals surface area contributed by atoms with E-state index in [-0.39, 0.29) is 5.91 Å². The molecule has 0 atom stereocenters. The van der Waals surface area contributed by atoms with Crippen molar-refractivity contribution in [2.75, 3.05) is 20.2 Å². The Morgan fingerprint density at radius 3 is 2.74 bits per heavy atom. The van der Waals surface area contributed by atoms with Crippen molar-refractivity contribution in [3.63, 3.8) is 0 Å². The van der Waals surface area contributed by atoms with Gasteiger partial charge in [0.1, 0.15) is 5.75 Å². The number of likely N-dealkylation sites (tertiary alicyclic amines) is 1. The molecule has 142 valence electrons. The molecular formula is C22H25BrN2O2. The fourth-order valence-corrected chi connectivity index (χ4v) is 3.89. The second-order valence-corrected chi connectivity index (χ2v) is 7.68. The number of ether oxygens (including phenoxy) is 1. The quantitative estimate of drug-likeness (QED) is 0.720. The fourth-order valence-electron chi connectivity index (χ4n) is 3.51. The van der Waals surface area contributed by atoms with Crippen molar-refractivity contribution in [2.24, 2.45) is 5.73 Å². The number of rotatable bonds is 5. The van der Waals surface area contributed by atoms with Crippen molar-refractivity contribution in [1.82, 2.24) is 4.90 Å². The Hall–Kier alpha value is -2.11. The van der Waals surface area contributed by atoms with Crippen molar-refractivity contribution >= 4 is 27.9 Å². The maximum atomic E-state index is 12.6. The summed E-state index contributed by atoms with van der Waals surface area (Å²) in [6, 6.07) is 14.2. The van der Waals surface area contributed by atoms with Gasteiger partial charge in [-0.15, -0.1) is 0 Å². The highest BCUT2D eigenvalue weighted by molar-refractivity contribution is 9.10. The van der Waals surface area contributed by atoms with Crippen molar-refractivity contribution in [3.05, 3.63) is 69.7 Å². The third-order valence-corrected chi connectivity index (χ3v) is 5.56. The van der Waals surface area contributed by atoms with Gasteiger partial charge in [0, 0.05) is 35.7 Å². The first-order chi connectivity index (χ1) is 13.1. The van der Waals surface area contributed by atoms with E-state index in [1.54, 1.807) is 13.2 Å². The second-order valence-electron chi connectivity index (χ2n) is 6.77. The molecule has 1 aliphatic heterocycles. The van der Waals surface area contributed by atoms with Gasteiger partial charge in [0.25, 0.3) is 0 Å². The molecule has 0 bridgehead atoms. The van der Waals surface area contributed by atoms with Crippen LogP contribution in [0.4, 0.5) is 0 Å². The minimum atomic E-state index is 0.0474. The topological polar surface area (TPSA) is 55.6 Å². The zero-order valence-electron chi connectivity index (χ0n) is 15.5. The number of benzene rings is 2. The summed E-state index contributed by atoms with van der Waals surface area (Å²) in [6.45, 7) is 2.11. The van der Waals surface area contributed by atoms with Gasteiger partial charge in [0.2, 0.25) is 5.91 Å². The Labute approximate surface area is 169 Å². The van der Waals surface area contributed by atoms with Crippen LogP contribution in [0.1, 0.15) is 35.4 Å². The molecule has 1 aliphatic rings. The predicted octanol–water partition coefficient (Wildman–Crippen LogP) is 4.34. The number of halogens is 1. The van der Waals surface area contributed by atoms with E-state index in [2.05, 4.69) is 40.2 Å². The molecule has 3 rings (SSSR count). The van der Waals surface area contributed by atoms with Crippen LogP contribution in [-0.4, -0.2) is 31.0 Å². The molecule has 0 aliphatic carbocycles. The molecule has 1 fully saturated rings. The van der Waals surface area contributed by atoms with Crippen LogP contribution in [0.2, 0.25) is 0 Å². The van der Waals surface area contributed by atoms with Crippen LogP contribution in [0.15, 0.2) is 53.0 Å². The first-order valence-electron chi connectivity index (χ1n) is 9.20. The van der Waals surface area contributed by atoms with Gasteiger partial charge in [-0.2, -0.15) is 0 Å². The van der Waals surface area contributed by atoms with E-state index in [1.807, 2.05) is 29.2 Å². The number of piperidine rings is 1. The summed E-state index contributed by atoms with van der Waals surface area (Å²) in [4.78, 5) is 14.5. The number of carbonyl (C=O) groups is 1. The highest BCUT2D eigenvalue weighted by Gasteiger charge is 2.22. The number of hydrogen-bond acceptors (Lipinski definition) is 3. The zero-order chi connectivity index (χ0) is 19.2. The van der Waals surface area contributed by atoms with E-state index in [4.69, 9.17) is 10.5 Å². The highest BCUT2D eigenvalue weighted by Crippen LogP contribution is 2.29. The van der Waals surface area contributed by atoms with Gasteiger partial charge >= 0.3 is 0 Å². The molecule has 0 radical (unpaired) electrons. The third-order valence-electron chi connectivity index (χ3n) is 5.06. The van der Waals surface area contributed by atoms with E-state index in [1.165, 1.54) is 5.56 Å². The summed E-state index contributed by atoms with van der Waals surface area (Å²) < 4.78 is 6.31. The Kier molecular flexibility index (Phi) is 6.69. The molecule has 5 heteroatoms. The Bertz CT molecular complexity index is 827. The average molecular weight is 429 g/mol. The van der Waals surface area contributed by atoms with Gasteiger partial charge in [0.15, 0.2) is 0 Å². The van der Waals surface area contributed by atoms with Gasteiger partial charge in [0.05, 0.1) is 7.11 Å². The lowest BCUT2D eigenvalue weighted by Crippen LogP contribution is -2.36. The van der Waals surface area contributed by atoms with Crippen LogP contribution in [0.5, 0.6) is 5.75 Å². The molecule has 0 aromatic heterocycles. The van der Waals surface area contributed by atoms with Gasteiger partial charge in [-0.25, -0.2) is 0 Å². The first kappa shape index (κ1) is 19.6. The molecule has 0 saturated carbocycles. The first-order valence-corrected chi connectivity index (χ1v) is 9.99. The molecule has 27 heavy (non-hydrogen) atoms. The Morgan fingerprint density at radius 1 is 1.26 bits per heavy atom. The lowest BCUT2D eigenvalue weighted by atomic mass is 9.88. The van der Waals surface area contributed by atoms with Gasteiger partial charge in [-0.1, -0.05) is 40.2 Å². The Balaban J connectivity index is 1.61. The third kappa shape index (κ3) is 4.99. The largest absolute Gasteiger partial charge is 0.496 e. The molecule has 0 unspecified atom stereocenters. The second kappa shape index (κ2) is 9.20. The molecule has 1 amide bonds. The SMILES string of the molecule is COc1ccc(Br)cc1/C=C/C(=O)N1CCC(c2cccc(CN)c2)CC1. The normalized spacial score (nSPS) is 15.3. The van der Waals surface area contributed by atoms with E-state index in [0.717, 1.165) is 47.3 Å². The fraction of sp³-hybridized carbons (Fsp3) is 0.318. The van der Waals surface area contributed by atoms with E-state index in [9.17, 15) is 4.79 Å². The Morgan fingerprint density at radius 2 is 2.04 bits per heavy atom. The standard InChI is InChI=1S/C22H25BrN2O2/c1-27-21-7-6-20(23)14-19(21)5-8-22(26)25-11-9-17(10-12-25)18-4-2-3-16(13-18)15-24/h2-8,13-14,17H,9-12,15,24H2,1H3/b8-5+. The number of hydrogen-bond donors (Lipinski definition) is 1. The van der Waals surface area contributed by atoms with Gasteiger partial charge in [-0.05, 0) is 54.2 Å². The maximum absolute atomic E-state index is 12.6. The summed E-state index contributed by atoms with van der Waals surface area (Å²) in [5.41, 5.74) is 9.13. The van der Waals surface area contributed by atoms with Crippen molar-refractivity contribution in [2.45, 2.75) is 25.3 Å². The number of carbonyl (C=O) groups excluding carboxylic acids is 1.